The molecule has 0 aliphatic heterocycles. The topological polar surface area (TPSA) is 193 Å². The first-order valence-corrected chi connectivity index (χ1v) is 38.2. The molecule has 15 aromatic heterocycles. The zero-order valence-electron chi connectivity index (χ0n) is 67.3. The van der Waals surface area contributed by atoms with Crippen LogP contribution in [0.25, 0.3) is 101 Å². The highest BCUT2D eigenvalue weighted by molar-refractivity contribution is 5.65. The van der Waals surface area contributed by atoms with E-state index in [1.807, 2.05) is 321 Å². The lowest BCUT2D eigenvalue weighted by atomic mass is 10.1. The third-order valence-electron chi connectivity index (χ3n) is 17.1. The van der Waals surface area contributed by atoms with Gasteiger partial charge in [0.25, 0.3) is 0 Å². The van der Waals surface area contributed by atoms with E-state index in [1.54, 1.807) is 55.8 Å². The summed E-state index contributed by atoms with van der Waals surface area (Å²) < 4.78 is 0. The predicted octanol–water partition coefficient (Wildman–Crippen LogP) is 23.9. The molecule has 15 nitrogen and oxygen atoms in total. The van der Waals surface area contributed by atoms with Crippen LogP contribution in [0, 0.1) is 62.3 Å². The fourth-order valence-corrected chi connectivity index (χ4v) is 11.2. The molecular formula is C102H93N15. The Kier molecular flexibility index (Phi) is 33.7. The minimum atomic E-state index is 0.922. The molecule has 0 saturated carbocycles. The van der Waals surface area contributed by atoms with Gasteiger partial charge in [-0.25, -0.2) is 0 Å². The van der Waals surface area contributed by atoms with Gasteiger partial charge in [0.15, 0.2) is 0 Å². The van der Waals surface area contributed by atoms with Crippen molar-refractivity contribution >= 4 is 0 Å². The average molecular weight is 1530 g/mol. The minimum absolute atomic E-state index is 0.922. The van der Waals surface area contributed by atoms with Crippen LogP contribution in [0.2, 0.25) is 0 Å². The highest BCUT2D eigenvalue weighted by atomic mass is 14.8. The van der Waals surface area contributed by atoms with E-state index in [1.165, 1.54) is 50.1 Å². The van der Waals surface area contributed by atoms with Gasteiger partial charge in [-0.05, 0) is 272 Å². The van der Waals surface area contributed by atoms with Crippen molar-refractivity contribution in [2.24, 2.45) is 0 Å². The van der Waals surface area contributed by atoms with Gasteiger partial charge in [0, 0.05) is 161 Å². The van der Waals surface area contributed by atoms with Crippen molar-refractivity contribution in [1.29, 1.82) is 0 Å². The lowest BCUT2D eigenvalue weighted by Crippen LogP contribution is -1.87. The van der Waals surface area contributed by atoms with E-state index >= 15 is 0 Å². The molecule has 3 aromatic carbocycles. The van der Waals surface area contributed by atoms with E-state index in [-0.39, 0.29) is 0 Å². The number of hydrogen-bond donors (Lipinski definition) is 0. The van der Waals surface area contributed by atoms with E-state index < -0.39 is 0 Å². The van der Waals surface area contributed by atoms with Gasteiger partial charge in [0.2, 0.25) is 0 Å². The first-order chi connectivity index (χ1) is 57.2. The normalized spacial score (nSPS) is 9.92. The number of nitrogens with zero attached hydrogens (tertiary/aromatic N) is 15. The molecule has 18 aromatic rings. The smallest absolute Gasteiger partial charge is 0.0889 e. The van der Waals surface area contributed by atoms with Gasteiger partial charge in [-0.1, -0.05) is 127 Å². The van der Waals surface area contributed by atoms with Crippen LogP contribution in [0.5, 0.6) is 0 Å². The summed E-state index contributed by atoms with van der Waals surface area (Å²) in [6.07, 6.45) is 28.9. The molecular weight excluding hydrogens is 1440 g/mol. The molecule has 117 heavy (non-hydrogen) atoms. The van der Waals surface area contributed by atoms with Crippen LogP contribution in [-0.4, -0.2) is 74.8 Å². The monoisotopic (exact) mass is 1530 g/mol. The Hall–Kier alpha value is -15.1. The maximum absolute atomic E-state index is 4.44. The molecule has 0 amide bonds. The van der Waals surface area contributed by atoms with Gasteiger partial charge < -0.3 is 0 Å². The third kappa shape index (κ3) is 29.5. The predicted molar refractivity (Wildman–Crippen MR) is 476 cm³/mol. The Balaban J connectivity index is 0.000000139. The molecule has 15 heteroatoms. The van der Waals surface area contributed by atoms with Crippen molar-refractivity contribution in [3.8, 4) is 101 Å². The van der Waals surface area contributed by atoms with Gasteiger partial charge in [0.1, 0.15) is 0 Å². The van der Waals surface area contributed by atoms with Crippen molar-refractivity contribution in [2.45, 2.75) is 62.3 Å². The van der Waals surface area contributed by atoms with Crippen LogP contribution in [0.1, 0.15) is 50.6 Å². The Labute approximate surface area is 687 Å². The van der Waals surface area contributed by atoms with E-state index in [0.717, 1.165) is 102 Å². The zero-order chi connectivity index (χ0) is 81.9. The molecule has 0 spiro atoms. The third-order valence-corrected chi connectivity index (χ3v) is 17.1. The minimum Gasteiger partial charge on any atom is -0.265 e. The number of hydrogen-bond acceptors (Lipinski definition) is 15. The molecule has 0 aliphatic rings. The molecule has 0 atom stereocenters. The number of pyridine rings is 15. The van der Waals surface area contributed by atoms with Gasteiger partial charge in [-0.3, -0.25) is 74.8 Å². The summed E-state index contributed by atoms with van der Waals surface area (Å²) in [5, 5.41) is 0. The summed E-state index contributed by atoms with van der Waals surface area (Å²) in [5.41, 5.74) is 29.1. The zero-order valence-corrected chi connectivity index (χ0v) is 67.3. The van der Waals surface area contributed by atoms with Gasteiger partial charge in [-0.15, -0.1) is 0 Å². The van der Waals surface area contributed by atoms with Crippen molar-refractivity contribution in [1.82, 2.24) is 74.8 Å². The van der Waals surface area contributed by atoms with Crippen molar-refractivity contribution in [2.75, 3.05) is 0 Å². The fourth-order valence-electron chi connectivity index (χ4n) is 11.2. The van der Waals surface area contributed by atoms with Crippen LogP contribution in [-0.2, 0) is 0 Å². The largest absolute Gasteiger partial charge is 0.265 e. The number of aromatic nitrogens is 15. The molecule has 15 heterocycles. The highest BCUT2D eigenvalue weighted by Crippen LogP contribution is 2.23. The molecule has 576 valence electrons. The molecule has 0 fully saturated rings. The van der Waals surface area contributed by atoms with Crippen molar-refractivity contribution < 1.29 is 0 Å². The summed E-state index contributed by atoms with van der Waals surface area (Å²) in [6.45, 7) is 18.3. The Morgan fingerprint density at radius 2 is 0.444 bits per heavy atom. The molecule has 0 radical (unpaired) electrons. The number of rotatable bonds is 9. The maximum atomic E-state index is 4.44. The van der Waals surface area contributed by atoms with Gasteiger partial charge in [0.05, 0.1) is 56.9 Å². The summed E-state index contributed by atoms with van der Waals surface area (Å²) in [7, 11) is 0. The van der Waals surface area contributed by atoms with Gasteiger partial charge in [-0.2, -0.15) is 0 Å². The lowest BCUT2D eigenvalue weighted by Gasteiger charge is -2.00. The Morgan fingerprint density at radius 3 is 0.829 bits per heavy atom. The second kappa shape index (κ2) is 46.7. The van der Waals surface area contributed by atoms with Crippen LogP contribution >= 0.6 is 0 Å². The highest BCUT2D eigenvalue weighted by Gasteiger charge is 2.05. The molecule has 0 unspecified atom stereocenters. The summed E-state index contributed by atoms with van der Waals surface area (Å²) >= 11 is 0. The average Bonchev–Trinajstić information content (AvgIpc) is 0.929. The van der Waals surface area contributed by atoms with Crippen molar-refractivity contribution in [3.63, 3.8) is 0 Å². The Morgan fingerprint density at radius 1 is 0.145 bits per heavy atom. The van der Waals surface area contributed by atoms with E-state index in [4.69, 9.17) is 0 Å². The summed E-state index contributed by atoms with van der Waals surface area (Å²) in [6, 6.07) is 100. The van der Waals surface area contributed by atoms with Crippen LogP contribution in [0.4, 0.5) is 0 Å². The van der Waals surface area contributed by atoms with E-state index in [2.05, 4.69) is 163 Å². The number of aryl methyl sites for hydroxylation is 9. The Bertz CT molecular complexity index is 4710. The second-order valence-corrected chi connectivity index (χ2v) is 26.8. The standard InChI is InChI=1S/3C12H11N.6C11H10N2/c1-10-6-5-9-12(13-10)11-7-3-2-4-8-11;1-10-7-12(9-13-8-10)11-5-3-2-4-6-11;1-10-7-8-13-12(9-10)11-5-3-2-4-6-11;1-9-2-7-13-11(8-9)10-3-5-12-6-4-10;1-9-4-2-6-11(13-9)10-5-3-7-12-8-10;1-9-5-4-7-11(13-9)10-6-2-3-8-12-10;1-9-4-6-13-11(7-9)10-3-2-5-12-8-10;1-9-3-2-4-11(13-9)10-5-7-12-8-6-10;1-9-5-7-13-11(8-9)10-4-2-3-6-12-10/h3*2-9H,1H3;6*2-8H,1H3. The molecule has 0 bridgehead atoms. The summed E-state index contributed by atoms with van der Waals surface area (Å²) in [5.74, 6) is 0. The SMILES string of the molecule is Cc1cccc(-c2ccccc2)n1.Cc1cccc(-c2ccccn2)n1.Cc1cccc(-c2cccnc2)n1.Cc1cccc(-c2ccncc2)n1.Cc1ccnc(-c2ccccc2)c1.Cc1ccnc(-c2ccccn2)c1.Cc1ccnc(-c2cccnc2)c1.Cc1ccnc(-c2ccncc2)c1.Cc1cncc(-c2ccccc2)c1. The first-order valence-electron chi connectivity index (χ1n) is 38.2. The number of benzene rings is 3. The summed E-state index contributed by atoms with van der Waals surface area (Å²) in [4.78, 5) is 63.4. The lowest BCUT2D eigenvalue weighted by molar-refractivity contribution is 1.18. The maximum Gasteiger partial charge on any atom is 0.0889 e. The molecule has 0 aliphatic carbocycles. The van der Waals surface area contributed by atoms with Gasteiger partial charge >= 0.3 is 0 Å². The quantitative estimate of drug-likeness (QED) is 0.132. The van der Waals surface area contributed by atoms with E-state index in [9.17, 15) is 0 Å². The molecule has 0 N–H and O–H groups in total. The first kappa shape index (κ1) is 84.4. The van der Waals surface area contributed by atoms with Crippen LogP contribution in [0.15, 0.2) is 402 Å². The van der Waals surface area contributed by atoms with Crippen LogP contribution < -0.4 is 0 Å². The van der Waals surface area contributed by atoms with Crippen molar-refractivity contribution in [3.05, 3.63) is 453 Å². The fraction of sp³-hybridized carbons (Fsp3) is 0.0882. The molecule has 0 saturated heterocycles. The van der Waals surface area contributed by atoms with Crippen LogP contribution in [0.3, 0.4) is 0 Å². The van der Waals surface area contributed by atoms with E-state index in [0.29, 0.717) is 0 Å². The molecule has 18 rings (SSSR count). The second-order valence-electron chi connectivity index (χ2n) is 26.8.